The highest BCUT2D eigenvalue weighted by atomic mass is 32.2. The summed E-state index contributed by atoms with van der Waals surface area (Å²) in [5, 5.41) is 0. The van der Waals surface area contributed by atoms with Gasteiger partial charge in [-0.15, -0.1) is 0 Å². The Labute approximate surface area is 153 Å². The fourth-order valence-corrected chi connectivity index (χ4v) is 7.78. The molecular formula is C22H32O2S. The van der Waals surface area contributed by atoms with Crippen molar-refractivity contribution in [1.29, 1.82) is 0 Å². The number of sulfone groups is 1. The topological polar surface area (TPSA) is 34.1 Å². The summed E-state index contributed by atoms with van der Waals surface area (Å²) in [5.41, 5.74) is 0.913. The van der Waals surface area contributed by atoms with Gasteiger partial charge in [0.15, 0.2) is 9.84 Å². The van der Waals surface area contributed by atoms with Crippen LogP contribution in [0.25, 0.3) is 0 Å². The minimum absolute atomic E-state index is 0.198. The van der Waals surface area contributed by atoms with Crippen molar-refractivity contribution in [2.24, 2.45) is 29.6 Å². The standard InChI is InChI=1S/C22H32O2S/c23-25(24,16-17-7-3-1-4-8-17)10-6-2-5-9-22-20-12-18-11-19(14-20)15-21(22)13-18/h1,3-4,7-8,18-22H,2,5-6,9-16H2. The lowest BCUT2D eigenvalue weighted by molar-refractivity contribution is -0.0404. The normalized spacial score (nSPS) is 33.7. The van der Waals surface area contributed by atoms with Crippen LogP contribution in [-0.4, -0.2) is 14.2 Å². The van der Waals surface area contributed by atoms with E-state index >= 15 is 0 Å². The molecule has 4 saturated carbocycles. The number of hydrogen-bond donors (Lipinski definition) is 0. The van der Waals surface area contributed by atoms with Crippen molar-refractivity contribution in [2.75, 3.05) is 5.75 Å². The maximum absolute atomic E-state index is 12.3. The van der Waals surface area contributed by atoms with Gasteiger partial charge in [-0.25, -0.2) is 8.42 Å². The molecule has 0 aliphatic heterocycles. The van der Waals surface area contributed by atoms with Gasteiger partial charge in [0.05, 0.1) is 11.5 Å². The molecule has 0 saturated heterocycles. The van der Waals surface area contributed by atoms with Crippen molar-refractivity contribution < 1.29 is 8.42 Å². The Hall–Kier alpha value is -0.830. The van der Waals surface area contributed by atoms with E-state index in [4.69, 9.17) is 0 Å². The fourth-order valence-electron chi connectivity index (χ4n) is 6.29. The molecule has 1 aromatic carbocycles. The first-order valence-electron chi connectivity index (χ1n) is 10.3. The summed E-state index contributed by atoms with van der Waals surface area (Å²) < 4.78 is 24.5. The van der Waals surface area contributed by atoms with Crippen molar-refractivity contribution in [3.63, 3.8) is 0 Å². The van der Waals surface area contributed by atoms with Gasteiger partial charge in [-0.1, -0.05) is 43.2 Å². The first-order chi connectivity index (χ1) is 12.1. The van der Waals surface area contributed by atoms with Gasteiger partial charge >= 0.3 is 0 Å². The van der Waals surface area contributed by atoms with Crippen molar-refractivity contribution >= 4 is 9.84 Å². The smallest absolute Gasteiger partial charge is 0.154 e. The number of rotatable bonds is 8. The maximum Gasteiger partial charge on any atom is 0.154 e. The zero-order chi connectivity index (χ0) is 17.3. The molecule has 4 fully saturated rings. The largest absolute Gasteiger partial charge is 0.228 e. The zero-order valence-electron chi connectivity index (χ0n) is 15.3. The van der Waals surface area contributed by atoms with Crippen molar-refractivity contribution in [1.82, 2.24) is 0 Å². The number of hydrogen-bond acceptors (Lipinski definition) is 2. The molecule has 1 aromatic rings. The van der Waals surface area contributed by atoms with E-state index in [1.807, 2.05) is 30.3 Å². The predicted octanol–water partition coefficient (Wildman–Crippen LogP) is 5.23. The van der Waals surface area contributed by atoms with Crippen LogP contribution in [0.4, 0.5) is 0 Å². The Morgan fingerprint density at radius 1 is 0.800 bits per heavy atom. The van der Waals surface area contributed by atoms with Crippen LogP contribution in [0.2, 0.25) is 0 Å². The molecule has 0 atom stereocenters. The van der Waals surface area contributed by atoms with Crippen LogP contribution in [0.5, 0.6) is 0 Å². The molecule has 4 aliphatic rings. The van der Waals surface area contributed by atoms with Gasteiger partial charge in [0, 0.05) is 0 Å². The van der Waals surface area contributed by atoms with Crippen LogP contribution in [0, 0.1) is 29.6 Å². The monoisotopic (exact) mass is 360 g/mol. The van der Waals surface area contributed by atoms with Crippen LogP contribution >= 0.6 is 0 Å². The molecule has 3 heteroatoms. The predicted molar refractivity (Wildman–Crippen MR) is 103 cm³/mol. The zero-order valence-corrected chi connectivity index (χ0v) is 16.1. The van der Waals surface area contributed by atoms with Crippen LogP contribution in [0.15, 0.2) is 30.3 Å². The molecule has 25 heavy (non-hydrogen) atoms. The first kappa shape index (κ1) is 17.6. The van der Waals surface area contributed by atoms with Crippen LogP contribution < -0.4 is 0 Å². The van der Waals surface area contributed by atoms with Gasteiger partial charge in [-0.05, 0) is 80.1 Å². The van der Waals surface area contributed by atoms with E-state index in [0.717, 1.165) is 48.0 Å². The molecule has 4 aliphatic carbocycles. The average molecular weight is 361 g/mol. The lowest BCUT2D eigenvalue weighted by atomic mass is 9.51. The van der Waals surface area contributed by atoms with Gasteiger partial charge in [-0.3, -0.25) is 0 Å². The molecule has 0 radical (unpaired) electrons. The summed E-state index contributed by atoms with van der Waals surface area (Å²) >= 11 is 0. The van der Waals surface area contributed by atoms with E-state index in [-0.39, 0.29) is 5.75 Å². The number of unbranched alkanes of at least 4 members (excludes halogenated alkanes) is 2. The molecule has 0 amide bonds. The second-order valence-corrected chi connectivity index (χ2v) is 11.2. The van der Waals surface area contributed by atoms with Gasteiger partial charge in [0.2, 0.25) is 0 Å². The fraction of sp³-hybridized carbons (Fsp3) is 0.727. The van der Waals surface area contributed by atoms with Gasteiger partial charge in [-0.2, -0.15) is 0 Å². The summed E-state index contributed by atoms with van der Waals surface area (Å²) in [6.07, 6.45) is 12.0. The Morgan fingerprint density at radius 3 is 2.08 bits per heavy atom. The summed E-state index contributed by atoms with van der Waals surface area (Å²) in [4.78, 5) is 0. The van der Waals surface area contributed by atoms with E-state index in [0.29, 0.717) is 5.75 Å². The molecule has 5 rings (SSSR count). The lowest BCUT2D eigenvalue weighted by Gasteiger charge is -2.54. The van der Waals surface area contributed by atoms with E-state index in [9.17, 15) is 8.42 Å². The SMILES string of the molecule is O=S(=O)(CCCCCC1C2CC3CC(C2)CC1C3)Cc1ccccc1. The quantitative estimate of drug-likeness (QED) is 0.595. The lowest BCUT2D eigenvalue weighted by Crippen LogP contribution is -2.44. The highest BCUT2D eigenvalue weighted by Crippen LogP contribution is 2.57. The minimum Gasteiger partial charge on any atom is -0.228 e. The highest BCUT2D eigenvalue weighted by Gasteiger charge is 2.47. The van der Waals surface area contributed by atoms with E-state index in [2.05, 4.69) is 0 Å². The van der Waals surface area contributed by atoms with Crippen LogP contribution in [-0.2, 0) is 15.6 Å². The van der Waals surface area contributed by atoms with E-state index in [1.165, 1.54) is 44.9 Å². The summed E-state index contributed by atoms with van der Waals surface area (Å²) in [5.74, 6) is 5.65. The third-order valence-corrected chi connectivity index (χ3v) is 8.83. The third-order valence-electron chi connectivity index (χ3n) is 7.14. The molecule has 0 spiro atoms. The second kappa shape index (κ2) is 7.42. The van der Waals surface area contributed by atoms with Crippen molar-refractivity contribution in [3.8, 4) is 0 Å². The molecule has 0 aromatic heterocycles. The maximum atomic E-state index is 12.3. The summed E-state index contributed by atoms with van der Waals surface area (Å²) in [7, 11) is -2.96. The minimum atomic E-state index is -2.96. The molecule has 4 bridgehead atoms. The first-order valence-corrected chi connectivity index (χ1v) is 12.2. The van der Waals surface area contributed by atoms with Crippen LogP contribution in [0.3, 0.4) is 0 Å². The molecule has 2 nitrogen and oxygen atoms in total. The van der Waals surface area contributed by atoms with Crippen molar-refractivity contribution in [2.45, 2.75) is 63.5 Å². The Morgan fingerprint density at radius 2 is 1.44 bits per heavy atom. The summed E-state index contributed by atoms with van der Waals surface area (Å²) in [6.45, 7) is 0. The van der Waals surface area contributed by atoms with Gasteiger partial charge in [0.25, 0.3) is 0 Å². The van der Waals surface area contributed by atoms with E-state index < -0.39 is 9.84 Å². The van der Waals surface area contributed by atoms with Crippen LogP contribution in [0.1, 0.15) is 63.4 Å². The highest BCUT2D eigenvalue weighted by molar-refractivity contribution is 7.90. The Balaban J connectivity index is 1.18. The van der Waals surface area contributed by atoms with Gasteiger partial charge < -0.3 is 0 Å². The molecule has 0 heterocycles. The number of benzene rings is 1. The molecule has 0 unspecified atom stereocenters. The third kappa shape index (κ3) is 4.30. The molecular weight excluding hydrogens is 328 g/mol. The van der Waals surface area contributed by atoms with Gasteiger partial charge in [0.1, 0.15) is 0 Å². The molecule has 138 valence electrons. The summed E-state index contributed by atoms with van der Waals surface area (Å²) in [6, 6.07) is 9.57. The molecule has 0 N–H and O–H groups in total. The average Bonchev–Trinajstić information content (AvgIpc) is 2.56. The van der Waals surface area contributed by atoms with E-state index in [1.54, 1.807) is 0 Å². The Kier molecular flexibility index (Phi) is 5.22. The Bertz CT molecular complexity index is 637. The second-order valence-electron chi connectivity index (χ2n) is 9.02. The van der Waals surface area contributed by atoms with Crippen molar-refractivity contribution in [3.05, 3.63) is 35.9 Å².